The number of likely N-dealkylation sites (tertiary alicyclic amines) is 1. The summed E-state index contributed by atoms with van der Waals surface area (Å²) in [6, 6.07) is 8.56. The summed E-state index contributed by atoms with van der Waals surface area (Å²) in [6.45, 7) is 9.33. The quantitative estimate of drug-likeness (QED) is 0.771. The van der Waals surface area contributed by atoms with Crippen molar-refractivity contribution >= 4 is 21.8 Å². The van der Waals surface area contributed by atoms with Crippen LogP contribution >= 0.6 is 15.9 Å². The zero-order valence-corrected chi connectivity index (χ0v) is 16.1. The SMILES string of the molecule is CCCCN(CC)C(=O)C1CC[NH+](Cc2cccc(Br)c2)CC1. The fraction of sp³-hybridized carbons (Fsp3) is 0.632. The van der Waals surface area contributed by atoms with Gasteiger partial charge in [-0.15, -0.1) is 0 Å². The first-order valence-electron chi connectivity index (χ1n) is 9.00. The minimum atomic E-state index is 0.248. The lowest BCUT2D eigenvalue weighted by Gasteiger charge is -2.32. The molecule has 0 radical (unpaired) electrons. The fourth-order valence-corrected chi connectivity index (χ4v) is 3.86. The number of rotatable bonds is 7. The lowest BCUT2D eigenvalue weighted by molar-refractivity contribution is -0.919. The van der Waals surface area contributed by atoms with Gasteiger partial charge in [-0.25, -0.2) is 0 Å². The van der Waals surface area contributed by atoms with Gasteiger partial charge in [-0.1, -0.05) is 41.4 Å². The Hall–Kier alpha value is -0.870. The summed E-state index contributed by atoms with van der Waals surface area (Å²) in [4.78, 5) is 16.3. The van der Waals surface area contributed by atoms with Crippen molar-refractivity contribution < 1.29 is 9.69 Å². The van der Waals surface area contributed by atoms with E-state index >= 15 is 0 Å². The van der Waals surface area contributed by atoms with Crippen LogP contribution in [0, 0.1) is 5.92 Å². The third-order valence-corrected chi connectivity index (χ3v) is 5.35. The first-order valence-corrected chi connectivity index (χ1v) is 9.80. The van der Waals surface area contributed by atoms with Crippen LogP contribution in [0.5, 0.6) is 0 Å². The van der Waals surface area contributed by atoms with Crippen molar-refractivity contribution in [2.45, 2.75) is 46.1 Å². The molecular formula is C19H30BrN2O+. The van der Waals surface area contributed by atoms with E-state index in [1.807, 2.05) is 0 Å². The van der Waals surface area contributed by atoms with Gasteiger partial charge in [-0.3, -0.25) is 4.79 Å². The topological polar surface area (TPSA) is 24.8 Å². The average Bonchev–Trinajstić information content (AvgIpc) is 2.56. The number of nitrogens with one attached hydrogen (secondary N) is 1. The fourth-order valence-electron chi connectivity index (χ4n) is 3.42. The van der Waals surface area contributed by atoms with Gasteiger partial charge in [0.2, 0.25) is 5.91 Å². The number of amides is 1. The predicted octanol–water partition coefficient (Wildman–Crippen LogP) is 2.89. The number of benzene rings is 1. The summed E-state index contributed by atoms with van der Waals surface area (Å²) in [7, 11) is 0. The highest BCUT2D eigenvalue weighted by atomic mass is 79.9. The van der Waals surface area contributed by atoms with Crippen LogP contribution in [-0.2, 0) is 11.3 Å². The molecule has 1 aromatic carbocycles. The molecule has 0 aliphatic carbocycles. The summed E-state index contributed by atoms with van der Waals surface area (Å²) >= 11 is 3.54. The van der Waals surface area contributed by atoms with Gasteiger partial charge in [0.05, 0.1) is 13.1 Å². The second-order valence-electron chi connectivity index (χ2n) is 6.60. The van der Waals surface area contributed by atoms with Gasteiger partial charge >= 0.3 is 0 Å². The van der Waals surface area contributed by atoms with Crippen LogP contribution in [-0.4, -0.2) is 37.0 Å². The predicted molar refractivity (Wildman–Crippen MR) is 98.4 cm³/mol. The van der Waals surface area contributed by atoms with E-state index in [1.54, 1.807) is 4.90 Å². The van der Waals surface area contributed by atoms with Crippen molar-refractivity contribution in [1.82, 2.24) is 4.90 Å². The Labute approximate surface area is 149 Å². The van der Waals surface area contributed by atoms with E-state index in [2.05, 4.69) is 58.9 Å². The van der Waals surface area contributed by atoms with Crippen LogP contribution in [0.15, 0.2) is 28.7 Å². The summed E-state index contributed by atoms with van der Waals surface area (Å²) in [6.07, 6.45) is 4.33. The molecule has 1 aliphatic rings. The number of hydrogen-bond donors (Lipinski definition) is 1. The average molecular weight is 382 g/mol. The Morgan fingerprint density at radius 1 is 1.30 bits per heavy atom. The second kappa shape index (κ2) is 9.43. The van der Waals surface area contributed by atoms with Crippen LogP contribution in [0.2, 0.25) is 0 Å². The van der Waals surface area contributed by atoms with E-state index in [-0.39, 0.29) is 5.92 Å². The monoisotopic (exact) mass is 381 g/mol. The van der Waals surface area contributed by atoms with Crippen molar-refractivity contribution in [3.63, 3.8) is 0 Å². The maximum absolute atomic E-state index is 12.7. The summed E-state index contributed by atoms with van der Waals surface area (Å²) < 4.78 is 1.15. The number of carbonyl (C=O) groups is 1. The van der Waals surface area contributed by atoms with Crippen molar-refractivity contribution in [3.8, 4) is 0 Å². The van der Waals surface area contributed by atoms with E-state index in [0.717, 1.165) is 62.9 Å². The molecule has 4 heteroatoms. The Morgan fingerprint density at radius 3 is 2.65 bits per heavy atom. The van der Waals surface area contributed by atoms with Crippen molar-refractivity contribution in [3.05, 3.63) is 34.3 Å². The molecule has 1 amide bonds. The Bertz CT molecular complexity index is 498. The van der Waals surface area contributed by atoms with Crippen LogP contribution in [0.3, 0.4) is 0 Å². The summed E-state index contributed by atoms with van der Waals surface area (Å²) in [5.74, 6) is 0.639. The molecular weight excluding hydrogens is 352 g/mol. The van der Waals surface area contributed by atoms with Gasteiger partial charge in [0.15, 0.2) is 0 Å². The minimum absolute atomic E-state index is 0.248. The Kier molecular flexibility index (Phi) is 7.57. The zero-order valence-electron chi connectivity index (χ0n) is 14.5. The molecule has 1 saturated heterocycles. The molecule has 1 N–H and O–H groups in total. The lowest BCUT2D eigenvalue weighted by Crippen LogP contribution is -3.11. The molecule has 0 spiro atoms. The van der Waals surface area contributed by atoms with E-state index < -0.39 is 0 Å². The Morgan fingerprint density at radius 2 is 2.04 bits per heavy atom. The van der Waals surface area contributed by atoms with Gasteiger partial charge in [0.25, 0.3) is 0 Å². The lowest BCUT2D eigenvalue weighted by atomic mass is 9.94. The summed E-state index contributed by atoms with van der Waals surface area (Å²) in [5.41, 5.74) is 1.37. The number of carbonyl (C=O) groups excluding carboxylic acids is 1. The first-order chi connectivity index (χ1) is 11.1. The van der Waals surface area contributed by atoms with Gasteiger partial charge in [0, 0.05) is 41.9 Å². The molecule has 128 valence electrons. The van der Waals surface area contributed by atoms with Crippen molar-refractivity contribution in [1.29, 1.82) is 0 Å². The number of halogens is 1. The highest BCUT2D eigenvalue weighted by molar-refractivity contribution is 9.10. The smallest absolute Gasteiger partial charge is 0.226 e. The standard InChI is InChI=1S/C19H29BrN2O/c1-3-5-11-22(4-2)19(23)17-9-12-21(13-10-17)15-16-7-6-8-18(20)14-16/h6-8,14,17H,3-5,9-13,15H2,1-2H3/p+1. The van der Waals surface area contributed by atoms with Crippen molar-refractivity contribution in [2.24, 2.45) is 5.92 Å². The molecule has 0 bridgehead atoms. The van der Waals surface area contributed by atoms with E-state index in [9.17, 15) is 4.79 Å². The highest BCUT2D eigenvalue weighted by Gasteiger charge is 2.29. The van der Waals surface area contributed by atoms with E-state index in [1.165, 1.54) is 5.56 Å². The third kappa shape index (κ3) is 5.61. The molecule has 1 aliphatic heterocycles. The van der Waals surface area contributed by atoms with Gasteiger partial charge < -0.3 is 9.80 Å². The second-order valence-corrected chi connectivity index (χ2v) is 7.52. The van der Waals surface area contributed by atoms with Gasteiger partial charge in [-0.05, 0) is 25.5 Å². The molecule has 1 aromatic rings. The van der Waals surface area contributed by atoms with Crippen LogP contribution in [0.25, 0.3) is 0 Å². The summed E-state index contributed by atoms with van der Waals surface area (Å²) in [5, 5.41) is 0. The molecule has 3 nitrogen and oxygen atoms in total. The molecule has 1 fully saturated rings. The molecule has 0 atom stereocenters. The number of quaternary nitrogens is 1. The normalized spacial score (nSPS) is 21.2. The Balaban J connectivity index is 1.82. The number of piperidine rings is 1. The third-order valence-electron chi connectivity index (χ3n) is 4.86. The van der Waals surface area contributed by atoms with Crippen LogP contribution in [0.4, 0.5) is 0 Å². The maximum Gasteiger partial charge on any atom is 0.226 e. The van der Waals surface area contributed by atoms with Gasteiger partial charge in [-0.2, -0.15) is 0 Å². The van der Waals surface area contributed by atoms with Crippen LogP contribution in [0.1, 0.15) is 45.1 Å². The maximum atomic E-state index is 12.7. The molecule has 1 heterocycles. The zero-order chi connectivity index (χ0) is 16.7. The molecule has 0 aromatic heterocycles. The van der Waals surface area contributed by atoms with E-state index in [4.69, 9.17) is 0 Å². The first kappa shape index (κ1) is 18.5. The van der Waals surface area contributed by atoms with Crippen molar-refractivity contribution in [2.75, 3.05) is 26.2 Å². The largest absolute Gasteiger partial charge is 0.343 e. The molecule has 2 rings (SSSR count). The van der Waals surface area contributed by atoms with Gasteiger partial charge in [0.1, 0.15) is 6.54 Å². The molecule has 0 saturated carbocycles. The number of unbranched alkanes of at least 4 members (excludes halogenated alkanes) is 1. The number of hydrogen-bond acceptors (Lipinski definition) is 1. The molecule has 23 heavy (non-hydrogen) atoms. The minimum Gasteiger partial charge on any atom is -0.343 e. The highest BCUT2D eigenvalue weighted by Crippen LogP contribution is 2.15. The molecule has 0 unspecified atom stereocenters. The van der Waals surface area contributed by atoms with Crippen LogP contribution < -0.4 is 4.90 Å². The van der Waals surface area contributed by atoms with E-state index in [0.29, 0.717) is 5.91 Å². The number of nitrogens with zero attached hydrogens (tertiary/aromatic N) is 1.